The van der Waals surface area contributed by atoms with E-state index in [0.29, 0.717) is 16.7 Å². The van der Waals surface area contributed by atoms with Gasteiger partial charge in [-0.05, 0) is 12.1 Å². The summed E-state index contributed by atoms with van der Waals surface area (Å²) < 4.78 is 0. The zero-order valence-corrected chi connectivity index (χ0v) is 9.59. The number of aliphatic hydroxyl groups excluding tert-OH is 1. The van der Waals surface area contributed by atoms with Gasteiger partial charge < -0.3 is 10.1 Å². The standard InChI is InChI=1S/C13H12N2O3/c16-8-5-13(18)15(7-8)12-6-11(17)9-3-1-2-4-10(9)14-12/h1-4,6,8,16H,5,7H2,(H,14,17). The highest BCUT2D eigenvalue weighted by molar-refractivity contribution is 5.96. The molecule has 0 aliphatic carbocycles. The predicted octanol–water partition coefficient (Wildman–Crippen LogP) is 0.626. The Morgan fingerprint density at radius 3 is 2.78 bits per heavy atom. The first-order chi connectivity index (χ1) is 8.65. The van der Waals surface area contributed by atoms with Crippen molar-refractivity contribution in [3.05, 3.63) is 40.6 Å². The van der Waals surface area contributed by atoms with E-state index < -0.39 is 6.10 Å². The summed E-state index contributed by atoms with van der Waals surface area (Å²) in [5, 5.41) is 10.1. The molecule has 5 heteroatoms. The number of aromatic nitrogens is 1. The Morgan fingerprint density at radius 1 is 1.28 bits per heavy atom. The molecule has 1 aromatic heterocycles. The molecule has 1 amide bonds. The third kappa shape index (κ3) is 1.69. The second kappa shape index (κ2) is 3.96. The van der Waals surface area contributed by atoms with Crippen molar-refractivity contribution >= 4 is 22.6 Å². The molecule has 2 aromatic rings. The third-order valence-electron chi connectivity index (χ3n) is 3.12. The van der Waals surface area contributed by atoms with E-state index in [1.165, 1.54) is 11.0 Å². The van der Waals surface area contributed by atoms with Gasteiger partial charge in [0.25, 0.3) is 0 Å². The van der Waals surface area contributed by atoms with Gasteiger partial charge in [0.2, 0.25) is 5.91 Å². The lowest BCUT2D eigenvalue weighted by atomic mass is 10.2. The summed E-state index contributed by atoms with van der Waals surface area (Å²) in [6.45, 7) is 0.229. The number of aliphatic hydroxyl groups is 1. The smallest absolute Gasteiger partial charge is 0.230 e. The SMILES string of the molecule is O=C1CC(O)CN1c1cc(=O)c2ccccc2[nH]1. The van der Waals surface area contributed by atoms with Gasteiger partial charge in [0.05, 0.1) is 24.6 Å². The molecule has 1 atom stereocenters. The lowest BCUT2D eigenvalue weighted by molar-refractivity contribution is -0.117. The van der Waals surface area contributed by atoms with Crippen LogP contribution in [0.5, 0.6) is 0 Å². The van der Waals surface area contributed by atoms with Crippen molar-refractivity contribution in [1.29, 1.82) is 0 Å². The van der Waals surface area contributed by atoms with Crippen LogP contribution in [0.2, 0.25) is 0 Å². The molecule has 1 aliphatic rings. The molecule has 0 spiro atoms. The molecule has 1 saturated heterocycles. The van der Waals surface area contributed by atoms with E-state index in [1.54, 1.807) is 18.2 Å². The summed E-state index contributed by atoms with van der Waals surface area (Å²) in [6.07, 6.45) is -0.554. The Kier molecular flexibility index (Phi) is 2.41. The van der Waals surface area contributed by atoms with Crippen molar-refractivity contribution in [1.82, 2.24) is 4.98 Å². The Bertz CT molecular complexity index is 677. The molecule has 18 heavy (non-hydrogen) atoms. The number of nitrogens with zero attached hydrogens (tertiary/aromatic N) is 1. The number of hydrogen-bond acceptors (Lipinski definition) is 3. The van der Waals surface area contributed by atoms with Crippen molar-refractivity contribution in [3.63, 3.8) is 0 Å². The summed E-state index contributed by atoms with van der Waals surface area (Å²) >= 11 is 0. The van der Waals surface area contributed by atoms with Gasteiger partial charge in [0, 0.05) is 11.5 Å². The molecular formula is C13H12N2O3. The van der Waals surface area contributed by atoms with Crippen LogP contribution in [0.25, 0.3) is 10.9 Å². The van der Waals surface area contributed by atoms with Crippen LogP contribution in [-0.4, -0.2) is 28.6 Å². The maximum atomic E-state index is 11.9. The molecule has 92 valence electrons. The lowest BCUT2D eigenvalue weighted by Crippen LogP contribution is -2.27. The highest BCUT2D eigenvalue weighted by atomic mass is 16.3. The average molecular weight is 244 g/mol. The number of carbonyl (C=O) groups excluding carboxylic acids is 1. The molecule has 0 bridgehead atoms. The normalized spacial score (nSPS) is 19.7. The minimum absolute atomic E-state index is 0.106. The number of amides is 1. The average Bonchev–Trinajstić information content (AvgIpc) is 2.68. The monoisotopic (exact) mass is 244 g/mol. The number of aromatic amines is 1. The van der Waals surface area contributed by atoms with E-state index in [1.807, 2.05) is 6.07 Å². The van der Waals surface area contributed by atoms with Gasteiger partial charge >= 0.3 is 0 Å². The number of carbonyl (C=O) groups is 1. The molecule has 0 saturated carbocycles. The van der Waals surface area contributed by atoms with Gasteiger partial charge in [-0.1, -0.05) is 12.1 Å². The number of fused-ring (bicyclic) bond motifs is 1. The Labute approximate surface area is 103 Å². The van der Waals surface area contributed by atoms with Gasteiger partial charge in [0.15, 0.2) is 5.43 Å². The van der Waals surface area contributed by atoms with Gasteiger partial charge in [-0.2, -0.15) is 0 Å². The van der Waals surface area contributed by atoms with Gasteiger partial charge in [-0.3, -0.25) is 14.5 Å². The van der Waals surface area contributed by atoms with Crippen molar-refractivity contribution in [2.45, 2.75) is 12.5 Å². The minimum Gasteiger partial charge on any atom is -0.391 e. The fourth-order valence-corrected chi connectivity index (χ4v) is 2.25. The van der Waals surface area contributed by atoms with E-state index in [0.717, 1.165) is 0 Å². The van der Waals surface area contributed by atoms with Gasteiger partial charge in [-0.15, -0.1) is 0 Å². The van der Waals surface area contributed by atoms with Gasteiger partial charge in [0.1, 0.15) is 5.82 Å². The number of benzene rings is 1. The maximum Gasteiger partial charge on any atom is 0.230 e. The summed E-state index contributed by atoms with van der Waals surface area (Å²) in [7, 11) is 0. The molecule has 1 unspecified atom stereocenters. The van der Waals surface area contributed by atoms with Crippen LogP contribution in [0, 0.1) is 0 Å². The van der Waals surface area contributed by atoms with Crippen molar-refractivity contribution in [3.8, 4) is 0 Å². The largest absolute Gasteiger partial charge is 0.391 e. The zero-order valence-electron chi connectivity index (χ0n) is 9.59. The number of para-hydroxylation sites is 1. The molecule has 1 fully saturated rings. The highest BCUT2D eigenvalue weighted by Crippen LogP contribution is 2.20. The Morgan fingerprint density at radius 2 is 2.06 bits per heavy atom. The molecule has 0 radical (unpaired) electrons. The van der Waals surface area contributed by atoms with E-state index in [4.69, 9.17) is 0 Å². The first-order valence-corrected chi connectivity index (χ1v) is 5.75. The summed E-state index contributed by atoms with van der Waals surface area (Å²) in [4.78, 5) is 28.1. The predicted molar refractivity (Wildman–Crippen MR) is 67.5 cm³/mol. The molecular weight excluding hydrogens is 232 g/mol. The molecule has 1 aliphatic heterocycles. The number of rotatable bonds is 1. The lowest BCUT2D eigenvalue weighted by Gasteiger charge is -2.15. The second-order valence-corrected chi connectivity index (χ2v) is 4.43. The number of anilines is 1. The highest BCUT2D eigenvalue weighted by Gasteiger charge is 2.29. The maximum absolute atomic E-state index is 11.9. The minimum atomic E-state index is -0.660. The summed E-state index contributed by atoms with van der Waals surface area (Å²) in [6, 6.07) is 8.54. The van der Waals surface area contributed by atoms with Gasteiger partial charge in [-0.25, -0.2) is 0 Å². The molecule has 3 rings (SSSR count). The molecule has 2 N–H and O–H groups in total. The fourth-order valence-electron chi connectivity index (χ4n) is 2.25. The van der Waals surface area contributed by atoms with Crippen LogP contribution >= 0.6 is 0 Å². The van der Waals surface area contributed by atoms with Crippen LogP contribution < -0.4 is 10.3 Å². The van der Waals surface area contributed by atoms with Crippen LogP contribution in [-0.2, 0) is 4.79 Å². The first-order valence-electron chi connectivity index (χ1n) is 5.75. The number of β-amino-alcohol motifs (C(OH)–C–C–N with tert-alkyl or cyclic N) is 1. The van der Waals surface area contributed by atoms with Crippen molar-refractivity contribution < 1.29 is 9.90 Å². The summed E-state index contributed by atoms with van der Waals surface area (Å²) in [5.74, 6) is 0.272. The fraction of sp³-hybridized carbons (Fsp3) is 0.231. The van der Waals surface area contributed by atoms with Crippen LogP contribution in [0.15, 0.2) is 35.1 Å². The third-order valence-corrected chi connectivity index (χ3v) is 3.12. The molecule has 1 aromatic carbocycles. The zero-order chi connectivity index (χ0) is 12.7. The molecule has 2 heterocycles. The van der Waals surface area contributed by atoms with E-state index >= 15 is 0 Å². The first kappa shape index (κ1) is 11.0. The summed E-state index contributed by atoms with van der Waals surface area (Å²) in [5.41, 5.74) is 0.558. The number of hydrogen-bond donors (Lipinski definition) is 2. The number of nitrogens with one attached hydrogen (secondary N) is 1. The van der Waals surface area contributed by atoms with Crippen molar-refractivity contribution in [2.75, 3.05) is 11.4 Å². The van der Waals surface area contributed by atoms with E-state index in [-0.39, 0.29) is 24.3 Å². The second-order valence-electron chi connectivity index (χ2n) is 4.43. The van der Waals surface area contributed by atoms with Crippen LogP contribution in [0.1, 0.15) is 6.42 Å². The Balaban J connectivity index is 2.14. The number of pyridine rings is 1. The number of H-pyrrole nitrogens is 1. The topological polar surface area (TPSA) is 73.4 Å². The van der Waals surface area contributed by atoms with E-state index in [9.17, 15) is 14.7 Å². The Hall–Kier alpha value is -2.14. The van der Waals surface area contributed by atoms with E-state index in [2.05, 4.69) is 4.98 Å². The van der Waals surface area contributed by atoms with Crippen LogP contribution in [0.3, 0.4) is 0 Å². The van der Waals surface area contributed by atoms with Crippen molar-refractivity contribution in [2.24, 2.45) is 0 Å². The van der Waals surface area contributed by atoms with Crippen LogP contribution in [0.4, 0.5) is 5.82 Å². The molecule has 5 nitrogen and oxygen atoms in total. The quantitative estimate of drug-likeness (QED) is 0.772.